The average Bonchev–Trinajstić information content (AvgIpc) is 3.16. The minimum atomic E-state index is -3.60. The van der Waals surface area contributed by atoms with Gasteiger partial charge in [0.15, 0.2) is 0 Å². The molecule has 0 saturated carbocycles. The number of hydrogen-bond acceptors (Lipinski definition) is 4. The Hall–Kier alpha value is -1.70. The number of hydrogen-bond donors (Lipinski definition) is 1. The molecule has 1 aliphatic rings. The van der Waals surface area contributed by atoms with Crippen molar-refractivity contribution in [1.29, 1.82) is 0 Å². The van der Waals surface area contributed by atoms with Crippen LogP contribution in [0.1, 0.15) is 48.5 Å². The lowest BCUT2D eigenvalue weighted by atomic mass is 9.94. The van der Waals surface area contributed by atoms with E-state index in [0.29, 0.717) is 30.5 Å². The molecule has 1 amide bonds. The van der Waals surface area contributed by atoms with Crippen molar-refractivity contribution in [3.8, 4) is 0 Å². The summed E-state index contributed by atoms with van der Waals surface area (Å²) in [6.45, 7) is 7.12. The quantitative estimate of drug-likeness (QED) is 0.819. The van der Waals surface area contributed by atoms with Gasteiger partial charge in [0.2, 0.25) is 10.0 Å². The second-order valence-corrected chi connectivity index (χ2v) is 10.4. The SMILES string of the molecule is CC1CC(C)CN(S(=O)(=O)c2cccc(C(=O)NC(C)c3cccs3)c2)C1. The molecule has 1 N–H and O–H groups in total. The van der Waals surface area contributed by atoms with Gasteiger partial charge in [-0.05, 0) is 54.8 Å². The molecule has 5 nitrogen and oxygen atoms in total. The van der Waals surface area contributed by atoms with Gasteiger partial charge in [-0.2, -0.15) is 4.31 Å². The first-order chi connectivity index (χ1) is 12.8. The molecule has 1 saturated heterocycles. The molecular formula is C20H26N2O3S2. The fraction of sp³-hybridized carbons (Fsp3) is 0.450. The Balaban J connectivity index is 1.79. The van der Waals surface area contributed by atoms with Crippen molar-refractivity contribution in [2.45, 2.75) is 38.1 Å². The van der Waals surface area contributed by atoms with Gasteiger partial charge in [0, 0.05) is 23.5 Å². The molecule has 1 fully saturated rings. The maximum Gasteiger partial charge on any atom is 0.251 e. The van der Waals surface area contributed by atoms with Crippen LogP contribution in [-0.4, -0.2) is 31.7 Å². The summed E-state index contributed by atoms with van der Waals surface area (Å²) in [5, 5.41) is 4.90. The first-order valence-corrected chi connectivity index (χ1v) is 11.5. The Kier molecular flexibility index (Phi) is 6.03. The lowest BCUT2D eigenvalue weighted by molar-refractivity contribution is 0.0940. The zero-order valence-electron chi connectivity index (χ0n) is 15.9. The number of thiophene rings is 1. The Bertz CT molecular complexity index is 884. The largest absolute Gasteiger partial charge is 0.345 e. The third-order valence-electron chi connectivity index (χ3n) is 4.89. The van der Waals surface area contributed by atoms with Gasteiger partial charge < -0.3 is 5.32 Å². The van der Waals surface area contributed by atoms with Crippen LogP contribution in [0.25, 0.3) is 0 Å². The van der Waals surface area contributed by atoms with Crippen LogP contribution in [-0.2, 0) is 10.0 Å². The predicted octanol–water partition coefficient (Wildman–Crippen LogP) is 3.91. The highest BCUT2D eigenvalue weighted by molar-refractivity contribution is 7.89. The van der Waals surface area contributed by atoms with Gasteiger partial charge in [-0.25, -0.2) is 8.42 Å². The molecule has 7 heteroatoms. The number of rotatable bonds is 5. The second-order valence-electron chi connectivity index (χ2n) is 7.51. The van der Waals surface area contributed by atoms with E-state index in [2.05, 4.69) is 19.2 Å². The molecule has 3 atom stereocenters. The number of nitrogens with zero attached hydrogens (tertiary/aromatic N) is 1. The minimum Gasteiger partial charge on any atom is -0.345 e. The van der Waals surface area contributed by atoms with E-state index in [1.165, 1.54) is 6.07 Å². The summed E-state index contributed by atoms with van der Waals surface area (Å²) in [5.41, 5.74) is 0.359. The van der Waals surface area contributed by atoms with Crippen LogP contribution in [0.15, 0.2) is 46.7 Å². The van der Waals surface area contributed by atoms with Crippen molar-refractivity contribution in [3.63, 3.8) is 0 Å². The number of benzene rings is 1. The van der Waals surface area contributed by atoms with E-state index in [0.717, 1.165) is 11.3 Å². The van der Waals surface area contributed by atoms with Crippen molar-refractivity contribution in [2.24, 2.45) is 11.8 Å². The number of carbonyl (C=O) groups excluding carboxylic acids is 1. The molecule has 0 aliphatic carbocycles. The standard InChI is InChI=1S/C20H26N2O3S2/c1-14-10-15(2)13-22(12-14)27(24,25)18-7-4-6-17(11-18)20(23)21-16(3)19-8-5-9-26-19/h4-9,11,14-16H,10,12-13H2,1-3H3,(H,21,23). The van der Waals surface area contributed by atoms with E-state index in [1.54, 1.807) is 33.8 Å². The minimum absolute atomic E-state index is 0.124. The summed E-state index contributed by atoms with van der Waals surface area (Å²) < 4.78 is 27.7. The molecule has 1 aromatic heterocycles. The van der Waals surface area contributed by atoms with Crippen LogP contribution < -0.4 is 5.32 Å². The number of piperidine rings is 1. The highest BCUT2D eigenvalue weighted by atomic mass is 32.2. The van der Waals surface area contributed by atoms with Gasteiger partial charge in [0.25, 0.3) is 5.91 Å². The maximum absolute atomic E-state index is 13.1. The van der Waals surface area contributed by atoms with Gasteiger partial charge in [0.05, 0.1) is 10.9 Å². The second kappa shape index (κ2) is 8.12. The molecule has 3 unspecified atom stereocenters. The van der Waals surface area contributed by atoms with Crippen LogP contribution in [0.3, 0.4) is 0 Å². The summed E-state index contributed by atoms with van der Waals surface area (Å²) in [5.74, 6) is 0.400. The van der Waals surface area contributed by atoms with Gasteiger partial charge in [-0.3, -0.25) is 4.79 Å². The van der Waals surface area contributed by atoms with Crippen molar-refractivity contribution in [1.82, 2.24) is 9.62 Å². The Morgan fingerprint density at radius 1 is 1.19 bits per heavy atom. The predicted molar refractivity (Wildman–Crippen MR) is 108 cm³/mol. The van der Waals surface area contributed by atoms with Gasteiger partial charge in [-0.15, -0.1) is 11.3 Å². The van der Waals surface area contributed by atoms with Crippen molar-refractivity contribution in [3.05, 3.63) is 52.2 Å². The lowest BCUT2D eigenvalue weighted by Crippen LogP contribution is -2.42. The molecule has 1 aromatic carbocycles. The number of carbonyl (C=O) groups is 1. The summed E-state index contributed by atoms with van der Waals surface area (Å²) >= 11 is 1.58. The van der Waals surface area contributed by atoms with Gasteiger partial charge in [-0.1, -0.05) is 26.0 Å². The topological polar surface area (TPSA) is 66.5 Å². The van der Waals surface area contributed by atoms with E-state index in [4.69, 9.17) is 0 Å². The molecule has 146 valence electrons. The molecule has 0 bridgehead atoms. The van der Waals surface area contributed by atoms with E-state index in [9.17, 15) is 13.2 Å². The zero-order chi connectivity index (χ0) is 19.6. The Morgan fingerprint density at radius 2 is 1.89 bits per heavy atom. The zero-order valence-corrected chi connectivity index (χ0v) is 17.5. The van der Waals surface area contributed by atoms with Crippen LogP contribution in [0.2, 0.25) is 0 Å². The molecule has 3 rings (SSSR count). The van der Waals surface area contributed by atoms with Crippen molar-refractivity contribution in [2.75, 3.05) is 13.1 Å². The Morgan fingerprint density at radius 3 is 2.52 bits per heavy atom. The van der Waals surface area contributed by atoms with Crippen molar-refractivity contribution >= 4 is 27.3 Å². The third kappa shape index (κ3) is 4.59. The van der Waals surface area contributed by atoms with E-state index < -0.39 is 10.0 Å². The summed E-state index contributed by atoms with van der Waals surface area (Å²) in [4.78, 5) is 13.8. The van der Waals surface area contributed by atoms with Crippen LogP contribution >= 0.6 is 11.3 Å². The molecule has 0 spiro atoms. The summed E-state index contributed by atoms with van der Waals surface area (Å²) in [6, 6.07) is 10.1. The number of nitrogens with one attached hydrogen (secondary N) is 1. The first-order valence-electron chi connectivity index (χ1n) is 9.22. The van der Waals surface area contributed by atoms with Gasteiger partial charge in [0.1, 0.15) is 0 Å². The normalized spacial score (nSPS) is 22.3. The van der Waals surface area contributed by atoms with Crippen LogP contribution in [0, 0.1) is 11.8 Å². The lowest BCUT2D eigenvalue weighted by Gasteiger charge is -2.34. The van der Waals surface area contributed by atoms with Crippen LogP contribution in [0.5, 0.6) is 0 Å². The van der Waals surface area contributed by atoms with E-state index in [1.807, 2.05) is 24.4 Å². The van der Waals surface area contributed by atoms with Crippen LogP contribution in [0.4, 0.5) is 0 Å². The Labute approximate surface area is 165 Å². The number of sulfonamides is 1. The maximum atomic E-state index is 13.1. The smallest absolute Gasteiger partial charge is 0.251 e. The third-order valence-corrected chi connectivity index (χ3v) is 7.77. The first kappa shape index (κ1) is 20.0. The monoisotopic (exact) mass is 406 g/mol. The molecule has 27 heavy (non-hydrogen) atoms. The summed E-state index contributed by atoms with van der Waals surface area (Å²) in [7, 11) is -3.60. The highest BCUT2D eigenvalue weighted by Crippen LogP contribution is 2.27. The summed E-state index contributed by atoms with van der Waals surface area (Å²) in [6.07, 6.45) is 1.04. The van der Waals surface area contributed by atoms with E-state index in [-0.39, 0.29) is 16.8 Å². The average molecular weight is 407 g/mol. The molecule has 2 aromatic rings. The van der Waals surface area contributed by atoms with Crippen molar-refractivity contribution < 1.29 is 13.2 Å². The molecule has 1 aliphatic heterocycles. The molecule has 0 radical (unpaired) electrons. The number of amides is 1. The molecule has 2 heterocycles. The fourth-order valence-electron chi connectivity index (χ4n) is 3.64. The fourth-order valence-corrected chi connectivity index (χ4v) is 6.10. The highest BCUT2D eigenvalue weighted by Gasteiger charge is 2.32. The van der Waals surface area contributed by atoms with Gasteiger partial charge >= 0.3 is 0 Å². The van der Waals surface area contributed by atoms with E-state index >= 15 is 0 Å². The molecular weight excluding hydrogens is 380 g/mol.